The lowest BCUT2D eigenvalue weighted by Gasteiger charge is -2.09. The van der Waals surface area contributed by atoms with Crippen molar-refractivity contribution < 1.29 is 9.53 Å². The smallest absolute Gasteiger partial charge is 0.250 e. The van der Waals surface area contributed by atoms with E-state index in [4.69, 9.17) is 4.74 Å². The second kappa shape index (κ2) is 7.62. The second-order valence-electron chi connectivity index (χ2n) is 3.77. The second-order valence-corrected chi connectivity index (χ2v) is 3.77. The molecule has 1 rings (SSSR count). The molecule has 0 bridgehead atoms. The SMILES string of the molecule is CCNCC(=O)Nc1ccc(=O)n(CCOC)c1. The van der Waals surface area contributed by atoms with Crippen molar-refractivity contribution in [3.8, 4) is 0 Å². The van der Waals surface area contributed by atoms with Gasteiger partial charge in [0, 0.05) is 25.9 Å². The number of hydrogen-bond donors (Lipinski definition) is 2. The summed E-state index contributed by atoms with van der Waals surface area (Å²) < 4.78 is 6.42. The van der Waals surface area contributed by atoms with Gasteiger partial charge < -0.3 is 19.9 Å². The van der Waals surface area contributed by atoms with Crippen LogP contribution in [0.3, 0.4) is 0 Å². The first-order valence-electron chi connectivity index (χ1n) is 5.87. The predicted octanol–water partition coefficient (Wildman–Crippen LogP) is 0.0427. The predicted molar refractivity (Wildman–Crippen MR) is 69.8 cm³/mol. The number of carbonyl (C=O) groups excluding carboxylic acids is 1. The van der Waals surface area contributed by atoms with Gasteiger partial charge in [-0.05, 0) is 12.6 Å². The zero-order valence-electron chi connectivity index (χ0n) is 10.7. The third kappa shape index (κ3) is 4.68. The number of anilines is 1. The number of rotatable bonds is 7. The molecule has 0 saturated carbocycles. The number of methoxy groups -OCH3 is 1. The number of hydrogen-bond acceptors (Lipinski definition) is 4. The van der Waals surface area contributed by atoms with Crippen LogP contribution in [0.1, 0.15) is 6.92 Å². The topological polar surface area (TPSA) is 72.4 Å². The third-order valence-corrected chi connectivity index (χ3v) is 2.34. The van der Waals surface area contributed by atoms with Crippen molar-refractivity contribution in [2.75, 3.05) is 32.1 Å². The third-order valence-electron chi connectivity index (χ3n) is 2.34. The highest BCUT2D eigenvalue weighted by Crippen LogP contribution is 2.02. The minimum Gasteiger partial charge on any atom is -0.383 e. The summed E-state index contributed by atoms with van der Waals surface area (Å²) in [6, 6.07) is 3.02. The minimum absolute atomic E-state index is 0.114. The van der Waals surface area contributed by atoms with E-state index in [1.807, 2.05) is 6.92 Å². The number of aromatic nitrogens is 1. The molecule has 2 N–H and O–H groups in total. The molecule has 0 radical (unpaired) electrons. The lowest BCUT2D eigenvalue weighted by Crippen LogP contribution is -2.28. The molecular formula is C12H19N3O3. The number of nitrogens with one attached hydrogen (secondary N) is 2. The molecule has 1 aromatic heterocycles. The van der Waals surface area contributed by atoms with Gasteiger partial charge in [-0.2, -0.15) is 0 Å². The van der Waals surface area contributed by atoms with Crippen LogP contribution in [-0.2, 0) is 16.1 Å². The van der Waals surface area contributed by atoms with E-state index in [0.717, 1.165) is 6.54 Å². The molecule has 1 amide bonds. The van der Waals surface area contributed by atoms with Gasteiger partial charge in [-0.25, -0.2) is 0 Å². The molecule has 6 nitrogen and oxygen atoms in total. The molecule has 1 heterocycles. The Morgan fingerprint density at radius 3 is 2.89 bits per heavy atom. The van der Waals surface area contributed by atoms with Crippen molar-refractivity contribution in [2.45, 2.75) is 13.5 Å². The average molecular weight is 253 g/mol. The number of likely N-dealkylation sites (N-methyl/N-ethyl adjacent to an activating group) is 1. The Kier molecular flexibility index (Phi) is 6.10. The van der Waals surface area contributed by atoms with E-state index in [-0.39, 0.29) is 18.0 Å². The van der Waals surface area contributed by atoms with Crippen LogP contribution in [0.2, 0.25) is 0 Å². The van der Waals surface area contributed by atoms with E-state index in [1.54, 1.807) is 19.4 Å². The molecule has 0 aliphatic rings. The summed E-state index contributed by atoms with van der Waals surface area (Å²) in [5.41, 5.74) is 0.491. The average Bonchev–Trinajstić information content (AvgIpc) is 2.37. The van der Waals surface area contributed by atoms with Crippen molar-refractivity contribution in [3.05, 3.63) is 28.7 Å². The maximum atomic E-state index is 11.5. The van der Waals surface area contributed by atoms with Gasteiger partial charge in [0.05, 0.1) is 18.8 Å². The molecule has 1 aromatic rings. The summed E-state index contributed by atoms with van der Waals surface area (Å²) >= 11 is 0. The fourth-order valence-corrected chi connectivity index (χ4v) is 1.41. The molecular weight excluding hydrogens is 234 g/mol. The van der Waals surface area contributed by atoms with Gasteiger partial charge in [0.15, 0.2) is 0 Å². The molecule has 0 atom stereocenters. The summed E-state index contributed by atoms with van der Waals surface area (Å²) in [6.07, 6.45) is 1.62. The van der Waals surface area contributed by atoms with Gasteiger partial charge >= 0.3 is 0 Å². The highest BCUT2D eigenvalue weighted by molar-refractivity contribution is 5.92. The minimum atomic E-state index is -0.131. The van der Waals surface area contributed by atoms with Crippen LogP contribution in [0.4, 0.5) is 5.69 Å². The monoisotopic (exact) mass is 253 g/mol. The van der Waals surface area contributed by atoms with Crippen molar-refractivity contribution in [1.82, 2.24) is 9.88 Å². The first-order chi connectivity index (χ1) is 8.67. The van der Waals surface area contributed by atoms with E-state index in [0.29, 0.717) is 18.8 Å². The molecule has 0 saturated heterocycles. The summed E-state index contributed by atoms with van der Waals surface area (Å²) in [5, 5.41) is 5.65. The maximum absolute atomic E-state index is 11.5. The van der Waals surface area contributed by atoms with Crippen molar-refractivity contribution in [1.29, 1.82) is 0 Å². The Balaban J connectivity index is 2.66. The zero-order chi connectivity index (χ0) is 13.4. The van der Waals surface area contributed by atoms with Crippen LogP contribution in [0.5, 0.6) is 0 Å². The molecule has 0 unspecified atom stereocenters. The molecule has 0 aromatic carbocycles. The van der Waals surface area contributed by atoms with Gasteiger partial charge in [-0.3, -0.25) is 9.59 Å². The number of nitrogens with zero attached hydrogens (tertiary/aromatic N) is 1. The van der Waals surface area contributed by atoms with Crippen LogP contribution in [0.15, 0.2) is 23.1 Å². The first kappa shape index (κ1) is 14.4. The molecule has 18 heavy (non-hydrogen) atoms. The lowest BCUT2D eigenvalue weighted by molar-refractivity contribution is -0.115. The zero-order valence-corrected chi connectivity index (χ0v) is 10.7. The Morgan fingerprint density at radius 2 is 2.22 bits per heavy atom. The van der Waals surface area contributed by atoms with E-state index >= 15 is 0 Å². The van der Waals surface area contributed by atoms with Crippen molar-refractivity contribution in [2.24, 2.45) is 0 Å². The quantitative estimate of drug-likeness (QED) is 0.720. The maximum Gasteiger partial charge on any atom is 0.250 e. The molecule has 100 valence electrons. The Labute approximate surface area is 106 Å². The van der Waals surface area contributed by atoms with Gasteiger partial charge in [-0.15, -0.1) is 0 Å². The van der Waals surface area contributed by atoms with E-state index in [1.165, 1.54) is 10.6 Å². The Hall–Kier alpha value is -1.66. The molecule has 0 spiro atoms. The Bertz CT molecular complexity index is 442. The van der Waals surface area contributed by atoms with Crippen LogP contribution < -0.4 is 16.2 Å². The standard InChI is InChI=1S/C12H19N3O3/c1-3-13-8-11(16)14-10-4-5-12(17)15(9-10)6-7-18-2/h4-5,9,13H,3,6-8H2,1-2H3,(H,14,16). The summed E-state index contributed by atoms with van der Waals surface area (Å²) in [4.78, 5) is 23.0. The summed E-state index contributed by atoms with van der Waals surface area (Å²) in [6.45, 7) is 3.84. The van der Waals surface area contributed by atoms with Gasteiger partial charge in [-0.1, -0.05) is 6.92 Å². The summed E-state index contributed by atoms with van der Waals surface area (Å²) in [5.74, 6) is -0.131. The lowest BCUT2D eigenvalue weighted by atomic mass is 10.4. The highest BCUT2D eigenvalue weighted by Gasteiger charge is 2.03. The molecule has 0 aliphatic heterocycles. The normalized spacial score (nSPS) is 10.3. The van der Waals surface area contributed by atoms with Gasteiger partial charge in [0.2, 0.25) is 5.91 Å². The number of pyridine rings is 1. The van der Waals surface area contributed by atoms with E-state index < -0.39 is 0 Å². The van der Waals surface area contributed by atoms with E-state index in [9.17, 15) is 9.59 Å². The fraction of sp³-hybridized carbons (Fsp3) is 0.500. The molecule has 0 aliphatic carbocycles. The number of amides is 1. The Morgan fingerprint density at radius 1 is 1.44 bits per heavy atom. The molecule has 6 heteroatoms. The van der Waals surface area contributed by atoms with Crippen molar-refractivity contribution >= 4 is 11.6 Å². The fourth-order valence-electron chi connectivity index (χ4n) is 1.41. The number of carbonyl (C=O) groups is 1. The summed E-state index contributed by atoms with van der Waals surface area (Å²) in [7, 11) is 1.58. The van der Waals surface area contributed by atoms with E-state index in [2.05, 4.69) is 10.6 Å². The van der Waals surface area contributed by atoms with Crippen LogP contribution in [-0.4, -0.2) is 37.3 Å². The van der Waals surface area contributed by atoms with Crippen LogP contribution in [0, 0.1) is 0 Å². The molecule has 0 fully saturated rings. The highest BCUT2D eigenvalue weighted by atomic mass is 16.5. The largest absolute Gasteiger partial charge is 0.383 e. The number of ether oxygens (including phenoxy) is 1. The van der Waals surface area contributed by atoms with Gasteiger partial charge in [0.25, 0.3) is 5.56 Å². The van der Waals surface area contributed by atoms with Crippen LogP contribution >= 0.6 is 0 Å². The van der Waals surface area contributed by atoms with Gasteiger partial charge in [0.1, 0.15) is 0 Å². The van der Waals surface area contributed by atoms with Crippen molar-refractivity contribution in [3.63, 3.8) is 0 Å². The first-order valence-corrected chi connectivity index (χ1v) is 5.87. The van der Waals surface area contributed by atoms with Crippen LogP contribution in [0.25, 0.3) is 0 Å².